The normalized spacial score (nSPS) is 20.0. The van der Waals surface area contributed by atoms with E-state index in [1.165, 1.54) is 48.1 Å². The van der Waals surface area contributed by atoms with E-state index in [0.717, 1.165) is 32.2 Å². The molecular formula is C17H26BrN3. The Kier molecular flexibility index (Phi) is 5.19. The Morgan fingerprint density at radius 3 is 2.57 bits per heavy atom. The topological polar surface area (TPSA) is 18.5 Å². The van der Waals surface area contributed by atoms with Gasteiger partial charge in [0.1, 0.15) is 0 Å². The zero-order valence-electron chi connectivity index (χ0n) is 12.9. The maximum Gasteiger partial charge on any atom is 0.0378 e. The average molecular weight is 352 g/mol. The highest BCUT2D eigenvalue weighted by Gasteiger charge is 2.31. The van der Waals surface area contributed by atoms with Crippen LogP contribution in [-0.4, -0.2) is 43.7 Å². The Balaban J connectivity index is 1.57. The number of benzene rings is 1. The lowest BCUT2D eigenvalue weighted by Gasteiger charge is -2.36. The highest BCUT2D eigenvalue weighted by molar-refractivity contribution is 9.10. The molecule has 0 atom stereocenters. The van der Waals surface area contributed by atoms with E-state index >= 15 is 0 Å². The van der Waals surface area contributed by atoms with Crippen LogP contribution in [-0.2, 0) is 6.54 Å². The number of hydrogen-bond acceptors (Lipinski definition) is 3. The zero-order chi connectivity index (χ0) is 14.7. The van der Waals surface area contributed by atoms with Gasteiger partial charge in [-0.1, -0.05) is 28.9 Å². The van der Waals surface area contributed by atoms with Crippen LogP contribution in [0.1, 0.15) is 31.7 Å². The van der Waals surface area contributed by atoms with Crippen LogP contribution in [0.5, 0.6) is 0 Å². The molecule has 1 heterocycles. The summed E-state index contributed by atoms with van der Waals surface area (Å²) in [4.78, 5) is 5.18. The predicted molar refractivity (Wildman–Crippen MR) is 92.9 cm³/mol. The molecule has 1 aliphatic carbocycles. The molecule has 1 aromatic rings. The highest BCUT2D eigenvalue weighted by atomic mass is 79.9. The maximum absolute atomic E-state index is 3.73. The van der Waals surface area contributed by atoms with Gasteiger partial charge in [0.05, 0.1) is 0 Å². The van der Waals surface area contributed by atoms with E-state index in [1.807, 2.05) is 0 Å². The summed E-state index contributed by atoms with van der Waals surface area (Å²) in [7, 11) is 0. The van der Waals surface area contributed by atoms with Crippen LogP contribution < -0.4 is 10.2 Å². The molecule has 1 aliphatic heterocycles. The molecule has 0 unspecified atom stereocenters. The average Bonchev–Trinajstić information content (AvgIpc) is 3.34. The monoisotopic (exact) mass is 351 g/mol. The molecule has 0 radical (unpaired) electrons. The first-order chi connectivity index (χ1) is 10.3. The maximum atomic E-state index is 3.73. The summed E-state index contributed by atoms with van der Waals surface area (Å²) in [5.74, 6) is 0. The van der Waals surface area contributed by atoms with Gasteiger partial charge in [-0.05, 0) is 43.5 Å². The minimum Gasteiger partial charge on any atom is -0.369 e. The minimum atomic E-state index is 0.908. The van der Waals surface area contributed by atoms with Gasteiger partial charge in [0.25, 0.3) is 0 Å². The van der Waals surface area contributed by atoms with Crippen molar-refractivity contribution in [3.63, 3.8) is 0 Å². The second-order valence-corrected chi connectivity index (χ2v) is 7.06. The van der Waals surface area contributed by atoms with Crippen molar-refractivity contribution in [2.45, 2.75) is 38.8 Å². The molecule has 2 fully saturated rings. The number of rotatable bonds is 6. The van der Waals surface area contributed by atoms with Crippen molar-refractivity contribution in [2.75, 3.05) is 37.6 Å². The Bertz CT molecular complexity index is 465. The third-order valence-electron chi connectivity index (χ3n) is 4.52. The van der Waals surface area contributed by atoms with Crippen LogP contribution in [0, 0.1) is 0 Å². The van der Waals surface area contributed by atoms with Crippen molar-refractivity contribution in [1.29, 1.82) is 0 Å². The predicted octanol–water partition coefficient (Wildman–Crippen LogP) is 3.23. The summed E-state index contributed by atoms with van der Waals surface area (Å²) in [5.41, 5.74) is 2.71. The van der Waals surface area contributed by atoms with E-state index in [4.69, 9.17) is 0 Å². The standard InChI is InChI=1S/C17H26BrN3/c1-2-7-19-13-14-3-4-16(12-17(14)18)21-10-8-20(9-11-21)15-5-6-15/h3-4,12,15,19H,2,5-11,13H2,1H3. The number of nitrogens with one attached hydrogen (secondary N) is 1. The first-order valence-electron chi connectivity index (χ1n) is 8.26. The molecule has 1 saturated heterocycles. The molecular weight excluding hydrogens is 326 g/mol. The lowest BCUT2D eigenvalue weighted by molar-refractivity contribution is 0.248. The highest BCUT2D eigenvalue weighted by Crippen LogP contribution is 2.29. The first-order valence-corrected chi connectivity index (χ1v) is 9.05. The summed E-state index contributed by atoms with van der Waals surface area (Å²) in [6.07, 6.45) is 4.02. The fraction of sp³-hybridized carbons (Fsp3) is 0.647. The lowest BCUT2D eigenvalue weighted by Crippen LogP contribution is -2.47. The van der Waals surface area contributed by atoms with Crippen LogP contribution in [0.25, 0.3) is 0 Å². The summed E-state index contributed by atoms with van der Waals surface area (Å²) in [5, 5.41) is 3.47. The van der Waals surface area contributed by atoms with Gasteiger partial charge in [-0.25, -0.2) is 0 Å². The second kappa shape index (κ2) is 7.12. The number of hydrogen-bond donors (Lipinski definition) is 1. The van der Waals surface area contributed by atoms with Crippen LogP contribution in [0.2, 0.25) is 0 Å². The zero-order valence-corrected chi connectivity index (χ0v) is 14.5. The third kappa shape index (κ3) is 3.99. The Morgan fingerprint density at radius 1 is 1.19 bits per heavy atom. The fourth-order valence-corrected chi connectivity index (χ4v) is 3.57. The number of anilines is 1. The van der Waals surface area contributed by atoms with E-state index in [-0.39, 0.29) is 0 Å². The van der Waals surface area contributed by atoms with Gasteiger partial charge in [0.2, 0.25) is 0 Å². The van der Waals surface area contributed by atoms with Crippen LogP contribution in [0.15, 0.2) is 22.7 Å². The SMILES string of the molecule is CCCNCc1ccc(N2CCN(C3CC3)CC2)cc1Br. The summed E-state index contributed by atoms with van der Waals surface area (Å²) < 4.78 is 1.23. The van der Waals surface area contributed by atoms with Gasteiger partial charge in [0, 0.05) is 48.9 Å². The van der Waals surface area contributed by atoms with Crippen molar-refractivity contribution < 1.29 is 0 Å². The molecule has 1 aromatic carbocycles. The van der Waals surface area contributed by atoms with Crippen molar-refractivity contribution >= 4 is 21.6 Å². The first kappa shape index (κ1) is 15.3. The Morgan fingerprint density at radius 2 is 1.95 bits per heavy atom. The molecule has 116 valence electrons. The molecule has 0 amide bonds. The number of piperazine rings is 1. The van der Waals surface area contributed by atoms with E-state index in [9.17, 15) is 0 Å². The summed E-state index contributed by atoms with van der Waals surface area (Å²) in [6, 6.07) is 7.73. The van der Waals surface area contributed by atoms with Gasteiger partial charge in [0.15, 0.2) is 0 Å². The largest absolute Gasteiger partial charge is 0.369 e. The van der Waals surface area contributed by atoms with Crippen LogP contribution in [0.3, 0.4) is 0 Å². The Labute approximate surface area is 136 Å². The molecule has 3 rings (SSSR count). The molecule has 3 nitrogen and oxygen atoms in total. The molecule has 0 aromatic heterocycles. The van der Waals surface area contributed by atoms with Gasteiger partial charge in [-0.3, -0.25) is 4.90 Å². The van der Waals surface area contributed by atoms with E-state index in [0.29, 0.717) is 0 Å². The van der Waals surface area contributed by atoms with Gasteiger partial charge >= 0.3 is 0 Å². The number of nitrogens with zero attached hydrogens (tertiary/aromatic N) is 2. The van der Waals surface area contributed by atoms with E-state index in [1.54, 1.807) is 0 Å². The Hall–Kier alpha value is -0.580. The summed E-state index contributed by atoms with van der Waals surface area (Å²) in [6.45, 7) is 9.00. The van der Waals surface area contributed by atoms with Gasteiger partial charge in [-0.2, -0.15) is 0 Å². The molecule has 1 N–H and O–H groups in total. The quantitative estimate of drug-likeness (QED) is 0.793. The molecule has 1 saturated carbocycles. The fourth-order valence-electron chi connectivity index (χ4n) is 3.06. The van der Waals surface area contributed by atoms with Crippen molar-refractivity contribution in [3.8, 4) is 0 Å². The molecule has 4 heteroatoms. The minimum absolute atomic E-state index is 0.908. The van der Waals surface area contributed by atoms with Crippen LogP contribution in [0.4, 0.5) is 5.69 Å². The number of halogens is 1. The van der Waals surface area contributed by atoms with Gasteiger partial charge < -0.3 is 10.2 Å². The third-order valence-corrected chi connectivity index (χ3v) is 5.26. The van der Waals surface area contributed by atoms with Gasteiger partial charge in [-0.15, -0.1) is 0 Å². The smallest absolute Gasteiger partial charge is 0.0378 e. The van der Waals surface area contributed by atoms with Crippen molar-refractivity contribution in [3.05, 3.63) is 28.2 Å². The van der Waals surface area contributed by atoms with E-state index < -0.39 is 0 Å². The summed E-state index contributed by atoms with van der Waals surface area (Å²) >= 11 is 3.73. The van der Waals surface area contributed by atoms with Crippen molar-refractivity contribution in [1.82, 2.24) is 10.2 Å². The molecule has 0 bridgehead atoms. The molecule has 0 spiro atoms. The lowest BCUT2D eigenvalue weighted by atomic mass is 10.1. The molecule has 2 aliphatic rings. The van der Waals surface area contributed by atoms with E-state index in [2.05, 4.69) is 56.2 Å². The second-order valence-electron chi connectivity index (χ2n) is 6.21. The molecule has 21 heavy (non-hydrogen) atoms. The van der Waals surface area contributed by atoms with Crippen molar-refractivity contribution in [2.24, 2.45) is 0 Å². The van der Waals surface area contributed by atoms with Crippen LogP contribution >= 0.6 is 15.9 Å².